The molecule has 148 valence electrons. The zero-order valence-electron chi connectivity index (χ0n) is 15.3. The molecule has 2 aliphatic rings. The highest BCUT2D eigenvalue weighted by molar-refractivity contribution is 6.32. The molecule has 29 heavy (non-hydrogen) atoms. The number of rotatable bonds is 5. The molecule has 2 heterocycles. The quantitative estimate of drug-likeness (QED) is 0.556. The Morgan fingerprint density at radius 3 is 2.86 bits per heavy atom. The molecule has 0 spiro atoms. The van der Waals surface area contributed by atoms with E-state index in [1.54, 1.807) is 12.1 Å². The van der Waals surface area contributed by atoms with E-state index in [2.05, 4.69) is 5.10 Å². The van der Waals surface area contributed by atoms with Crippen molar-refractivity contribution in [2.45, 2.75) is 6.42 Å². The Morgan fingerprint density at radius 2 is 2.03 bits per heavy atom. The first kappa shape index (κ1) is 19.0. The topological polar surface area (TPSA) is 77.4 Å². The second-order valence-corrected chi connectivity index (χ2v) is 6.76. The van der Waals surface area contributed by atoms with Gasteiger partial charge in [0, 0.05) is 12.5 Å². The Morgan fingerprint density at radius 1 is 1.21 bits per heavy atom. The summed E-state index contributed by atoms with van der Waals surface area (Å²) in [5.41, 5.74) is 2.47. The maximum Gasteiger partial charge on any atom is 0.331 e. The molecule has 7 nitrogen and oxygen atoms in total. The summed E-state index contributed by atoms with van der Waals surface area (Å²) in [5, 5.41) is 6.05. The number of carbonyl (C=O) groups excluding carboxylic acids is 2. The first-order chi connectivity index (χ1) is 14.1. The molecule has 8 heteroatoms. The van der Waals surface area contributed by atoms with Crippen LogP contribution in [-0.4, -0.2) is 42.5 Å². The second kappa shape index (κ2) is 8.36. The number of hydrogen-bond donors (Lipinski definition) is 0. The lowest BCUT2D eigenvalue weighted by Crippen LogP contribution is -2.28. The second-order valence-electron chi connectivity index (χ2n) is 6.36. The minimum atomic E-state index is -0.640. The van der Waals surface area contributed by atoms with Gasteiger partial charge < -0.3 is 14.2 Å². The predicted molar refractivity (Wildman–Crippen MR) is 107 cm³/mol. The van der Waals surface area contributed by atoms with Gasteiger partial charge in [0.2, 0.25) is 6.79 Å². The average molecular weight is 413 g/mol. The number of nitrogens with zero attached hydrogens (tertiary/aromatic N) is 2. The lowest BCUT2D eigenvalue weighted by molar-refractivity contribution is -0.147. The number of hydrazone groups is 1. The van der Waals surface area contributed by atoms with Crippen LogP contribution in [0.4, 0.5) is 0 Å². The van der Waals surface area contributed by atoms with E-state index in [-0.39, 0.29) is 19.3 Å². The third kappa shape index (κ3) is 4.41. The first-order valence-electron chi connectivity index (χ1n) is 8.97. The molecule has 2 aromatic carbocycles. The zero-order valence-corrected chi connectivity index (χ0v) is 16.1. The summed E-state index contributed by atoms with van der Waals surface area (Å²) in [6.45, 7) is 0.195. The van der Waals surface area contributed by atoms with Crippen LogP contribution >= 0.6 is 11.6 Å². The molecule has 2 aliphatic heterocycles. The molecule has 1 amide bonds. The lowest BCUT2D eigenvalue weighted by atomic mass is 10.1. The number of amides is 1. The number of benzene rings is 2. The molecule has 0 unspecified atom stereocenters. The molecule has 0 aliphatic carbocycles. The van der Waals surface area contributed by atoms with E-state index in [0.717, 1.165) is 11.3 Å². The summed E-state index contributed by atoms with van der Waals surface area (Å²) in [4.78, 5) is 24.2. The first-order valence-corrected chi connectivity index (χ1v) is 9.35. The third-order valence-corrected chi connectivity index (χ3v) is 4.68. The van der Waals surface area contributed by atoms with Crippen molar-refractivity contribution in [1.82, 2.24) is 5.01 Å². The van der Waals surface area contributed by atoms with Crippen molar-refractivity contribution >= 4 is 35.3 Å². The minimum absolute atomic E-state index is 0.108. The fraction of sp³-hybridized carbons (Fsp3) is 0.190. The summed E-state index contributed by atoms with van der Waals surface area (Å²) in [6.07, 6.45) is 3.42. The van der Waals surface area contributed by atoms with E-state index in [1.807, 2.05) is 30.3 Å². The molecule has 0 N–H and O–H groups in total. The summed E-state index contributed by atoms with van der Waals surface area (Å²) < 4.78 is 15.5. The van der Waals surface area contributed by atoms with Crippen molar-refractivity contribution in [2.75, 3.05) is 19.9 Å². The van der Waals surface area contributed by atoms with Crippen molar-refractivity contribution in [3.05, 3.63) is 64.7 Å². The van der Waals surface area contributed by atoms with E-state index >= 15 is 0 Å². The Kier molecular flexibility index (Phi) is 5.48. The SMILES string of the molecule is O=C(/C=C/c1cc(Cl)c2c(c1)OCO2)OCC(=O)N1CCC(c2ccccc2)=N1. The van der Waals surface area contributed by atoms with Crippen LogP contribution in [-0.2, 0) is 14.3 Å². The Bertz CT molecular complexity index is 1000. The summed E-state index contributed by atoms with van der Waals surface area (Å²) >= 11 is 6.10. The van der Waals surface area contributed by atoms with Crippen molar-refractivity contribution < 1.29 is 23.8 Å². The lowest BCUT2D eigenvalue weighted by Gasteiger charge is -2.10. The molecule has 4 rings (SSSR count). The highest BCUT2D eigenvalue weighted by atomic mass is 35.5. The van der Waals surface area contributed by atoms with Gasteiger partial charge in [0.25, 0.3) is 5.91 Å². The average Bonchev–Trinajstić information content (AvgIpc) is 3.41. The van der Waals surface area contributed by atoms with Gasteiger partial charge in [-0.05, 0) is 29.3 Å². The van der Waals surface area contributed by atoms with Gasteiger partial charge in [0.1, 0.15) is 0 Å². The predicted octanol–water partition coefficient (Wildman–Crippen LogP) is 3.26. The van der Waals surface area contributed by atoms with Gasteiger partial charge in [-0.2, -0.15) is 5.10 Å². The molecular weight excluding hydrogens is 396 g/mol. The van der Waals surface area contributed by atoms with Crippen molar-refractivity contribution in [3.8, 4) is 11.5 Å². The van der Waals surface area contributed by atoms with Crippen LogP contribution in [0.5, 0.6) is 11.5 Å². The summed E-state index contributed by atoms with van der Waals surface area (Å²) in [6, 6.07) is 13.0. The van der Waals surface area contributed by atoms with Crippen molar-refractivity contribution in [1.29, 1.82) is 0 Å². The van der Waals surface area contributed by atoms with Gasteiger partial charge in [-0.25, -0.2) is 9.80 Å². The largest absolute Gasteiger partial charge is 0.454 e. The maximum absolute atomic E-state index is 12.2. The van der Waals surface area contributed by atoms with E-state index < -0.39 is 5.97 Å². The normalized spacial score (nSPS) is 14.9. The van der Waals surface area contributed by atoms with Crippen molar-refractivity contribution in [3.63, 3.8) is 0 Å². The molecule has 0 saturated heterocycles. The fourth-order valence-electron chi connectivity index (χ4n) is 2.97. The van der Waals surface area contributed by atoms with Gasteiger partial charge in [-0.3, -0.25) is 4.79 Å². The highest BCUT2D eigenvalue weighted by Crippen LogP contribution is 2.40. The maximum atomic E-state index is 12.2. The van der Waals surface area contributed by atoms with Crippen molar-refractivity contribution in [2.24, 2.45) is 5.10 Å². The molecule has 2 aromatic rings. The molecule has 0 radical (unpaired) electrons. The Hall–Kier alpha value is -3.32. The molecule has 0 aromatic heterocycles. The number of fused-ring (bicyclic) bond motifs is 1. The van der Waals surface area contributed by atoms with Gasteiger partial charge in [0.05, 0.1) is 17.3 Å². The van der Waals surface area contributed by atoms with Crippen LogP contribution < -0.4 is 9.47 Å². The van der Waals surface area contributed by atoms with E-state index in [9.17, 15) is 9.59 Å². The van der Waals surface area contributed by atoms with Gasteiger partial charge in [-0.15, -0.1) is 0 Å². The zero-order chi connectivity index (χ0) is 20.2. The number of esters is 1. The molecule has 0 atom stereocenters. The number of halogens is 1. The van der Waals surface area contributed by atoms with Crippen LogP contribution in [0, 0.1) is 0 Å². The highest BCUT2D eigenvalue weighted by Gasteiger charge is 2.22. The fourth-order valence-corrected chi connectivity index (χ4v) is 3.25. The smallest absolute Gasteiger partial charge is 0.331 e. The molecular formula is C21H17ClN2O5. The monoisotopic (exact) mass is 412 g/mol. The van der Waals surface area contributed by atoms with E-state index in [4.69, 9.17) is 25.8 Å². The van der Waals surface area contributed by atoms with Gasteiger partial charge >= 0.3 is 5.97 Å². The number of ether oxygens (including phenoxy) is 3. The third-order valence-electron chi connectivity index (χ3n) is 4.40. The van der Waals surface area contributed by atoms with Crippen LogP contribution in [0.3, 0.4) is 0 Å². The summed E-state index contributed by atoms with van der Waals surface area (Å²) in [7, 11) is 0. The van der Waals surface area contributed by atoms with Crippen LogP contribution in [0.1, 0.15) is 17.5 Å². The Labute approximate surface area is 172 Å². The number of carbonyl (C=O) groups is 2. The minimum Gasteiger partial charge on any atom is -0.454 e. The van der Waals surface area contributed by atoms with Gasteiger partial charge in [-0.1, -0.05) is 41.9 Å². The number of hydrogen-bond acceptors (Lipinski definition) is 6. The van der Waals surface area contributed by atoms with Crippen LogP contribution in [0.15, 0.2) is 53.6 Å². The molecule has 0 saturated carbocycles. The van der Waals surface area contributed by atoms with Gasteiger partial charge in [0.15, 0.2) is 18.1 Å². The van der Waals surface area contributed by atoms with E-state index in [1.165, 1.54) is 17.2 Å². The van der Waals surface area contributed by atoms with E-state index in [0.29, 0.717) is 35.1 Å². The molecule has 0 bridgehead atoms. The van der Waals surface area contributed by atoms with Crippen LogP contribution in [0.25, 0.3) is 6.08 Å². The Balaban J connectivity index is 1.31. The molecule has 0 fully saturated rings. The summed E-state index contributed by atoms with van der Waals surface area (Å²) in [5.74, 6) is -0.0118. The standard InChI is InChI=1S/C21H17ClN2O5/c22-16-10-14(11-18-21(16)29-13-28-18)6-7-20(26)27-12-19(25)24-9-8-17(23-24)15-4-2-1-3-5-15/h1-7,10-11H,8-9,12-13H2/b7-6+. The van der Waals surface area contributed by atoms with Crippen LogP contribution in [0.2, 0.25) is 5.02 Å².